The molecule has 0 amide bonds. The van der Waals surface area contributed by atoms with Crippen LogP contribution in [0.4, 0.5) is 5.13 Å². The van der Waals surface area contributed by atoms with E-state index in [1.165, 1.54) is 11.5 Å². The van der Waals surface area contributed by atoms with Crippen molar-refractivity contribution in [1.29, 1.82) is 0 Å². The lowest BCUT2D eigenvalue weighted by atomic mass is 10.0. The van der Waals surface area contributed by atoms with Gasteiger partial charge in [0.05, 0.1) is 0 Å². The number of anilines is 1. The van der Waals surface area contributed by atoms with Gasteiger partial charge in [-0.05, 0) is 19.8 Å². The molecule has 2 fully saturated rings. The predicted molar refractivity (Wildman–Crippen MR) is 58.2 cm³/mol. The molecule has 0 unspecified atom stereocenters. The van der Waals surface area contributed by atoms with Crippen molar-refractivity contribution in [3.05, 3.63) is 5.82 Å². The Morgan fingerprint density at radius 3 is 2.53 bits per heavy atom. The van der Waals surface area contributed by atoms with Crippen LogP contribution in [0, 0.1) is 6.92 Å². The third-order valence-electron chi connectivity index (χ3n) is 3.28. The molecular weight excluding hydrogens is 210 g/mol. The Kier molecular flexibility index (Phi) is 2.02. The highest BCUT2D eigenvalue weighted by Gasteiger charge is 2.41. The Morgan fingerprint density at radius 1 is 1.33 bits per heavy atom. The molecule has 0 aromatic carbocycles. The summed E-state index contributed by atoms with van der Waals surface area (Å²) in [5.41, 5.74) is 0. The number of aryl methyl sites for hydroxylation is 1. The SMILES string of the molecule is Cc1nsc(N2[C@H]3CC[C@H]2CC(=O)C3)n1. The highest BCUT2D eigenvalue weighted by molar-refractivity contribution is 7.09. The highest BCUT2D eigenvalue weighted by atomic mass is 32.1. The zero-order valence-corrected chi connectivity index (χ0v) is 9.46. The van der Waals surface area contributed by atoms with Gasteiger partial charge in [-0.1, -0.05) is 0 Å². The topological polar surface area (TPSA) is 46.1 Å². The number of carbonyl (C=O) groups excluding carboxylic acids is 1. The molecule has 2 saturated heterocycles. The molecule has 4 nitrogen and oxygen atoms in total. The summed E-state index contributed by atoms with van der Waals surface area (Å²) in [5, 5.41) is 1.01. The molecule has 5 heteroatoms. The van der Waals surface area contributed by atoms with Crippen LogP contribution >= 0.6 is 11.5 Å². The number of piperidine rings is 1. The van der Waals surface area contributed by atoms with E-state index in [0.29, 0.717) is 30.7 Å². The molecule has 1 aromatic heterocycles. The van der Waals surface area contributed by atoms with E-state index in [0.717, 1.165) is 23.8 Å². The summed E-state index contributed by atoms with van der Waals surface area (Å²) in [6, 6.07) is 0.784. The van der Waals surface area contributed by atoms with Gasteiger partial charge < -0.3 is 4.90 Å². The Hall–Kier alpha value is -0.970. The van der Waals surface area contributed by atoms with Gasteiger partial charge in [-0.15, -0.1) is 0 Å². The molecule has 0 spiro atoms. The molecule has 0 N–H and O–H groups in total. The molecule has 2 aliphatic rings. The second-order valence-corrected chi connectivity index (χ2v) is 5.09. The van der Waals surface area contributed by atoms with Crippen LogP contribution in [-0.4, -0.2) is 27.2 Å². The maximum Gasteiger partial charge on any atom is 0.205 e. The molecule has 2 bridgehead atoms. The van der Waals surface area contributed by atoms with Crippen LogP contribution in [-0.2, 0) is 4.79 Å². The lowest BCUT2D eigenvalue weighted by Gasteiger charge is -2.33. The minimum absolute atomic E-state index is 0.392. The fraction of sp³-hybridized carbons (Fsp3) is 0.700. The average molecular weight is 223 g/mol. The number of fused-ring (bicyclic) bond motifs is 2. The molecule has 0 saturated carbocycles. The van der Waals surface area contributed by atoms with Gasteiger partial charge in [0, 0.05) is 36.5 Å². The Bertz CT molecular complexity index is 387. The third kappa shape index (κ3) is 1.45. The van der Waals surface area contributed by atoms with Crippen molar-refractivity contribution in [2.24, 2.45) is 0 Å². The van der Waals surface area contributed by atoms with E-state index in [2.05, 4.69) is 14.3 Å². The zero-order chi connectivity index (χ0) is 10.4. The van der Waals surface area contributed by atoms with Crippen molar-refractivity contribution >= 4 is 22.4 Å². The molecule has 2 atom stereocenters. The smallest absolute Gasteiger partial charge is 0.205 e. The Morgan fingerprint density at radius 2 is 2.00 bits per heavy atom. The third-order valence-corrected chi connectivity index (χ3v) is 4.11. The van der Waals surface area contributed by atoms with Gasteiger partial charge in [-0.2, -0.15) is 4.37 Å². The summed E-state index contributed by atoms with van der Waals surface area (Å²) in [7, 11) is 0. The van der Waals surface area contributed by atoms with Gasteiger partial charge in [0.15, 0.2) is 0 Å². The second-order valence-electron chi connectivity index (χ2n) is 4.36. The molecule has 2 aliphatic heterocycles. The van der Waals surface area contributed by atoms with Crippen LogP contribution in [0.25, 0.3) is 0 Å². The number of aromatic nitrogens is 2. The van der Waals surface area contributed by atoms with Gasteiger partial charge in [0.2, 0.25) is 5.13 Å². The van der Waals surface area contributed by atoms with Gasteiger partial charge in [0.1, 0.15) is 11.6 Å². The van der Waals surface area contributed by atoms with Crippen LogP contribution in [0.3, 0.4) is 0 Å². The summed E-state index contributed by atoms with van der Waals surface area (Å²) >= 11 is 1.46. The summed E-state index contributed by atoms with van der Waals surface area (Å²) in [5.74, 6) is 1.26. The molecule has 3 heterocycles. The van der Waals surface area contributed by atoms with E-state index in [9.17, 15) is 4.79 Å². The first-order valence-electron chi connectivity index (χ1n) is 5.34. The molecule has 80 valence electrons. The molecule has 1 aromatic rings. The summed E-state index contributed by atoms with van der Waals surface area (Å²) < 4.78 is 4.21. The molecule has 3 rings (SSSR count). The van der Waals surface area contributed by atoms with E-state index in [1.807, 2.05) is 6.92 Å². The minimum atomic E-state index is 0.392. The quantitative estimate of drug-likeness (QED) is 0.724. The van der Waals surface area contributed by atoms with Crippen LogP contribution in [0.1, 0.15) is 31.5 Å². The van der Waals surface area contributed by atoms with E-state index < -0.39 is 0 Å². The van der Waals surface area contributed by atoms with E-state index in [4.69, 9.17) is 0 Å². The van der Waals surface area contributed by atoms with Crippen molar-refractivity contribution in [1.82, 2.24) is 9.36 Å². The highest BCUT2D eigenvalue weighted by Crippen LogP contribution is 2.38. The summed E-state index contributed by atoms with van der Waals surface area (Å²) in [6.45, 7) is 1.91. The van der Waals surface area contributed by atoms with Crippen molar-refractivity contribution < 1.29 is 4.79 Å². The fourth-order valence-corrected chi connectivity index (χ4v) is 3.49. The minimum Gasteiger partial charge on any atom is -0.340 e. The summed E-state index contributed by atoms with van der Waals surface area (Å²) in [4.78, 5) is 18.2. The van der Waals surface area contributed by atoms with Crippen LogP contribution < -0.4 is 4.90 Å². The Balaban J connectivity index is 1.91. The largest absolute Gasteiger partial charge is 0.340 e. The van der Waals surface area contributed by atoms with Crippen LogP contribution in [0.2, 0.25) is 0 Å². The normalized spacial score (nSPS) is 29.9. The molecule has 0 aliphatic carbocycles. The predicted octanol–water partition coefficient (Wildman–Crippen LogP) is 1.55. The van der Waals surface area contributed by atoms with Gasteiger partial charge in [-0.25, -0.2) is 4.98 Å². The monoisotopic (exact) mass is 223 g/mol. The average Bonchev–Trinajstić information content (AvgIpc) is 2.69. The second kappa shape index (κ2) is 3.27. The van der Waals surface area contributed by atoms with Gasteiger partial charge in [-0.3, -0.25) is 4.79 Å². The number of nitrogens with zero attached hydrogens (tertiary/aromatic N) is 3. The summed E-state index contributed by atoms with van der Waals surface area (Å²) in [6.07, 6.45) is 3.67. The van der Waals surface area contributed by atoms with Crippen molar-refractivity contribution in [2.75, 3.05) is 4.90 Å². The first-order chi connectivity index (χ1) is 7.24. The number of ketones is 1. The van der Waals surface area contributed by atoms with E-state index in [1.54, 1.807) is 0 Å². The lowest BCUT2D eigenvalue weighted by Crippen LogP contribution is -2.43. The Labute approximate surface area is 92.5 Å². The first-order valence-corrected chi connectivity index (χ1v) is 6.12. The number of carbonyl (C=O) groups is 1. The van der Waals surface area contributed by atoms with Gasteiger partial charge >= 0.3 is 0 Å². The zero-order valence-electron chi connectivity index (χ0n) is 8.64. The number of hydrogen-bond acceptors (Lipinski definition) is 5. The number of rotatable bonds is 1. The maximum atomic E-state index is 11.4. The van der Waals surface area contributed by atoms with E-state index >= 15 is 0 Å². The van der Waals surface area contributed by atoms with Crippen molar-refractivity contribution in [3.63, 3.8) is 0 Å². The number of Topliss-reactive ketones (excluding diaryl/α,β-unsaturated/α-hetero) is 1. The maximum absolute atomic E-state index is 11.4. The van der Waals surface area contributed by atoms with Gasteiger partial charge in [0.25, 0.3) is 0 Å². The number of hydrogen-bond donors (Lipinski definition) is 0. The van der Waals surface area contributed by atoms with Crippen molar-refractivity contribution in [3.8, 4) is 0 Å². The van der Waals surface area contributed by atoms with Crippen molar-refractivity contribution in [2.45, 2.75) is 44.7 Å². The van der Waals surface area contributed by atoms with Crippen LogP contribution in [0.15, 0.2) is 0 Å². The fourth-order valence-electron chi connectivity index (χ4n) is 2.67. The standard InChI is InChI=1S/C10H13N3OS/c1-6-11-10(15-12-6)13-7-2-3-8(13)5-9(14)4-7/h7-8H,2-5H2,1H3/t7-,8-/m0/s1. The van der Waals surface area contributed by atoms with E-state index in [-0.39, 0.29) is 0 Å². The molecule has 0 radical (unpaired) electrons. The lowest BCUT2D eigenvalue weighted by molar-refractivity contribution is -0.120. The van der Waals surface area contributed by atoms with Crippen LogP contribution in [0.5, 0.6) is 0 Å². The first kappa shape index (κ1) is 9.27. The molecular formula is C10H13N3OS. The molecule has 15 heavy (non-hydrogen) atoms.